The molecule has 0 spiro atoms. The zero-order valence-electron chi connectivity index (χ0n) is 18.9. The number of carbonyl (C=O) groups is 1. The summed E-state index contributed by atoms with van der Waals surface area (Å²) in [5.41, 5.74) is 3.58. The lowest BCUT2D eigenvalue weighted by atomic mass is 10.0. The number of amides is 1. The number of ether oxygens (including phenoxy) is 1. The molecule has 0 aliphatic heterocycles. The number of aromatic nitrogens is 3. The van der Waals surface area contributed by atoms with E-state index >= 15 is 0 Å². The molecule has 1 aliphatic carbocycles. The van der Waals surface area contributed by atoms with Gasteiger partial charge in [0.2, 0.25) is 0 Å². The van der Waals surface area contributed by atoms with Crippen LogP contribution in [0.1, 0.15) is 66.3 Å². The number of nitrogens with zero attached hydrogens (tertiary/aromatic N) is 4. The second kappa shape index (κ2) is 8.67. The molecule has 1 aromatic carbocycles. The van der Waals surface area contributed by atoms with Crippen LogP contribution in [0.15, 0.2) is 36.5 Å². The molecule has 1 atom stereocenters. The topological polar surface area (TPSA) is 72.3 Å². The fourth-order valence-corrected chi connectivity index (χ4v) is 3.90. The Balaban J connectivity index is 1.59. The second-order valence-corrected chi connectivity index (χ2v) is 8.75. The highest BCUT2D eigenvalue weighted by atomic mass is 16.5. The number of rotatable bonds is 8. The molecule has 0 saturated heterocycles. The molecule has 1 fully saturated rings. The summed E-state index contributed by atoms with van der Waals surface area (Å²) < 4.78 is 7.16. The van der Waals surface area contributed by atoms with Gasteiger partial charge in [-0.1, -0.05) is 12.1 Å². The third-order valence-corrected chi connectivity index (χ3v) is 5.90. The first-order chi connectivity index (χ1) is 14.9. The van der Waals surface area contributed by atoms with Gasteiger partial charge >= 0.3 is 0 Å². The Hall–Kier alpha value is -2.93. The Morgan fingerprint density at radius 1 is 1.26 bits per heavy atom. The molecule has 164 valence electrons. The van der Waals surface area contributed by atoms with Crippen LogP contribution in [0.5, 0.6) is 5.75 Å². The van der Waals surface area contributed by atoms with Crippen molar-refractivity contribution in [3.63, 3.8) is 0 Å². The van der Waals surface area contributed by atoms with Crippen LogP contribution in [0.3, 0.4) is 0 Å². The van der Waals surface area contributed by atoms with Crippen LogP contribution in [-0.4, -0.2) is 53.3 Å². The van der Waals surface area contributed by atoms with Gasteiger partial charge in [0.1, 0.15) is 5.75 Å². The highest BCUT2D eigenvalue weighted by Gasteiger charge is 2.28. The highest BCUT2D eigenvalue weighted by Crippen LogP contribution is 2.40. The molecule has 1 amide bonds. The smallest absolute Gasteiger partial charge is 0.252 e. The van der Waals surface area contributed by atoms with Gasteiger partial charge in [0.25, 0.3) is 5.91 Å². The Morgan fingerprint density at radius 3 is 2.55 bits per heavy atom. The molecule has 0 bridgehead atoms. The zero-order chi connectivity index (χ0) is 22.1. The molecule has 1 aliphatic rings. The lowest BCUT2D eigenvalue weighted by Gasteiger charge is -2.25. The van der Waals surface area contributed by atoms with Crippen LogP contribution in [-0.2, 0) is 0 Å². The van der Waals surface area contributed by atoms with E-state index in [2.05, 4.69) is 29.2 Å². The van der Waals surface area contributed by atoms with Crippen molar-refractivity contribution >= 4 is 16.9 Å². The molecule has 4 rings (SSSR count). The van der Waals surface area contributed by atoms with Crippen LogP contribution in [0, 0.1) is 0 Å². The van der Waals surface area contributed by atoms with Crippen molar-refractivity contribution in [1.82, 2.24) is 25.0 Å². The standard InChI is InChI=1S/C24H31N5O2/c1-15(2)29-23-20(13-26-29)19(12-21(27-23)16-6-7-16)24(30)25-14-22(28(3)4)17-8-10-18(31-5)11-9-17/h8-13,15-16,22H,6-7,14H2,1-5H3,(H,25,30). The summed E-state index contributed by atoms with van der Waals surface area (Å²) in [6, 6.07) is 10.2. The molecular weight excluding hydrogens is 390 g/mol. The number of hydrogen-bond donors (Lipinski definition) is 1. The lowest BCUT2D eigenvalue weighted by Crippen LogP contribution is -2.34. The largest absolute Gasteiger partial charge is 0.497 e. The number of pyridine rings is 1. The number of carbonyl (C=O) groups excluding carboxylic acids is 1. The molecule has 7 heteroatoms. The van der Waals surface area contributed by atoms with Crippen LogP contribution in [0.2, 0.25) is 0 Å². The van der Waals surface area contributed by atoms with Gasteiger partial charge in [0, 0.05) is 24.2 Å². The van der Waals surface area contributed by atoms with Gasteiger partial charge in [0.05, 0.1) is 30.3 Å². The van der Waals surface area contributed by atoms with E-state index in [0.29, 0.717) is 18.0 Å². The van der Waals surface area contributed by atoms with Crippen molar-refractivity contribution < 1.29 is 9.53 Å². The van der Waals surface area contributed by atoms with Crippen molar-refractivity contribution in [1.29, 1.82) is 0 Å². The predicted molar refractivity (Wildman–Crippen MR) is 122 cm³/mol. The zero-order valence-corrected chi connectivity index (χ0v) is 18.9. The summed E-state index contributed by atoms with van der Waals surface area (Å²) in [7, 11) is 5.69. The Labute approximate surface area is 183 Å². The van der Waals surface area contributed by atoms with E-state index in [-0.39, 0.29) is 18.0 Å². The Bertz CT molecular complexity index is 1070. The Morgan fingerprint density at radius 2 is 1.97 bits per heavy atom. The predicted octanol–water partition coefficient (Wildman–Crippen LogP) is 3.93. The summed E-state index contributed by atoms with van der Waals surface area (Å²) in [6.07, 6.45) is 4.03. The SMILES string of the molecule is COc1ccc(C(CNC(=O)c2cc(C3CC3)nc3c2cnn3C(C)C)N(C)C)cc1. The average molecular weight is 422 g/mol. The first-order valence-corrected chi connectivity index (χ1v) is 10.9. The van der Waals surface area contributed by atoms with Crippen molar-refractivity contribution in [2.45, 2.75) is 44.7 Å². The normalized spacial score (nSPS) is 14.9. The minimum Gasteiger partial charge on any atom is -0.497 e. The van der Waals surface area contributed by atoms with Crippen LogP contribution in [0.25, 0.3) is 11.0 Å². The molecular formula is C24H31N5O2. The van der Waals surface area contributed by atoms with Gasteiger partial charge in [-0.2, -0.15) is 5.10 Å². The van der Waals surface area contributed by atoms with Gasteiger partial charge in [-0.05, 0) is 64.5 Å². The van der Waals surface area contributed by atoms with E-state index in [1.807, 2.05) is 49.1 Å². The molecule has 2 aromatic heterocycles. The number of methoxy groups -OCH3 is 1. The van der Waals surface area contributed by atoms with Gasteiger partial charge in [0.15, 0.2) is 5.65 Å². The summed E-state index contributed by atoms with van der Waals surface area (Å²) >= 11 is 0. The van der Waals surface area contributed by atoms with Gasteiger partial charge in [-0.25, -0.2) is 9.67 Å². The molecule has 1 unspecified atom stereocenters. The van der Waals surface area contributed by atoms with Crippen LogP contribution in [0.4, 0.5) is 0 Å². The third kappa shape index (κ3) is 4.42. The number of fused-ring (bicyclic) bond motifs is 1. The maximum Gasteiger partial charge on any atom is 0.252 e. The molecule has 2 heterocycles. The Kier molecular flexibility index (Phi) is 5.96. The van der Waals surface area contributed by atoms with E-state index in [1.165, 1.54) is 0 Å². The van der Waals surface area contributed by atoms with Crippen molar-refractivity contribution in [2.75, 3.05) is 27.7 Å². The van der Waals surface area contributed by atoms with Crippen LogP contribution < -0.4 is 10.1 Å². The molecule has 0 radical (unpaired) electrons. The number of likely N-dealkylation sites (N-methyl/N-ethyl adjacent to an activating group) is 1. The number of hydrogen-bond acceptors (Lipinski definition) is 5. The molecule has 7 nitrogen and oxygen atoms in total. The average Bonchev–Trinajstić information content (AvgIpc) is 3.51. The van der Waals surface area contributed by atoms with E-state index in [4.69, 9.17) is 9.72 Å². The minimum atomic E-state index is -0.0852. The van der Waals surface area contributed by atoms with Gasteiger partial charge in [-0.15, -0.1) is 0 Å². The van der Waals surface area contributed by atoms with E-state index < -0.39 is 0 Å². The summed E-state index contributed by atoms with van der Waals surface area (Å²) in [4.78, 5) is 20.2. The minimum absolute atomic E-state index is 0.0495. The first-order valence-electron chi connectivity index (χ1n) is 10.9. The summed E-state index contributed by atoms with van der Waals surface area (Å²) in [6.45, 7) is 4.65. The monoisotopic (exact) mass is 421 g/mol. The first kappa shape index (κ1) is 21.3. The van der Waals surface area contributed by atoms with E-state index in [0.717, 1.165) is 40.9 Å². The maximum absolute atomic E-state index is 13.3. The fraction of sp³-hybridized carbons (Fsp3) is 0.458. The molecule has 1 N–H and O–H groups in total. The molecule has 1 saturated carbocycles. The maximum atomic E-state index is 13.3. The van der Waals surface area contributed by atoms with Crippen molar-refractivity contribution in [3.8, 4) is 5.75 Å². The summed E-state index contributed by atoms with van der Waals surface area (Å²) in [5.74, 6) is 1.19. The fourth-order valence-electron chi connectivity index (χ4n) is 3.90. The van der Waals surface area contributed by atoms with Crippen molar-refractivity contribution in [3.05, 3.63) is 53.3 Å². The highest BCUT2D eigenvalue weighted by molar-refractivity contribution is 6.05. The quantitative estimate of drug-likeness (QED) is 0.597. The van der Waals surface area contributed by atoms with E-state index in [1.54, 1.807) is 13.3 Å². The van der Waals surface area contributed by atoms with Crippen LogP contribution >= 0.6 is 0 Å². The second-order valence-electron chi connectivity index (χ2n) is 8.75. The van der Waals surface area contributed by atoms with Gasteiger partial charge < -0.3 is 15.0 Å². The lowest BCUT2D eigenvalue weighted by molar-refractivity contribution is 0.0943. The molecule has 3 aromatic rings. The van der Waals surface area contributed by atoms with Gasteiger partial charge in [-0.3, -0.25) is 4.79 Å². The number of nitrogens with one attached hydrogen (secondary N) is 1. The molecule has 31 heavy (non-hydrogen) atoms. The summed E-state index contributed by atoms with van der Waals surface area (Å²) in [5, 5.41) is 8.46. The van der Waals surface area contributed by atoms with E-state index in [9.17, 15) is 4.79 Å². The third-order valence-electron chi connectivity index (χ3n) is 5.90. The van der Waals surface area contributed by atoms with Crippen molar-refractivity contribution in [2.24, 2.45) is 0 Å². The number of benzene rings is 1.